The SMILES string of the molecule is COCCCCNC1c2ccccc2CCC1(C)C. The van der Waals surface area contributed by atoms with E-state index in [0.717, 1.165) is 19.6 Å². The highest BCUT2D eigenvalue weighted by Crippen LogP contribution is 2.43. The van der Waals surface area contributed by atoms with Crippen molar-refractivity contribution in [1.82, 2.24) is 5.32 Å². The summed E-state index contributed by atoms with van der Waals surface area (Å²) in [5.74, 6) is 0. The molecule has 0 spiro atoms. The highest BCUT2D eigenvalue weighted by Gasteiger charge is 2.34. The fourth-order valence-corrected chi connectivity index (χ4v) is 3.07. The maximum absolute atomic E-state index is 5.10. The molecule has 0 aromatic heterocycles. The van der Waals surface area contributed by atoms with Gasteiger partial charge in [0.15, 0.2) is 0 Å². The molecule has 2 heteroatoms. The summed E-state index contributed by atoms with van der Waals surface area (Å²) in [6.45, 7) is 6.71. The minimum Gasteiger partial charge on any atom is -0.385 e. The third-order valence-electron chi connectivity index (χ3n) is 4.31. The molecule has 0 heterocycles. The lowest BCUT2D eigenvalue weighted by molar-refractivity contribution is 0.185. The molecule has 106 valence electrons. The lowest BCUT2D eigenvalue weighted by Crippen LogP contribution is -2.38. The van der Waals surface area contributed by atoms with Gasteiger partial charge in [0.05, 0.1) is 0 Å². The predicted octanol–water partition coefficient (Wildman–Crippen LogP) is 3.72. The van der Waals surface area contributed by atoms with Crippen molar-refractivity contribution in [2.24, 2.45) is 5.41 Å². The Kier molecular flexibility index (Phi) is 5.00. The Bertz CT molecular complexity index is 400. The highest BCUT2D eigenvalue weighted by molar-refractivity contribution is 5.34. The van der Waals surface area contributed by atoms with Gasteiger partial charge in [0, 0.05) is 19.8 Å². The van der Waals surface area contributed by atoms with Gasteiger partial charge >= 0.3 is 0 Å². The van der Waals surface area contributed by atoms with Crippen LogP contribution in [-0.4, -0.2) is 20.3 Å². The van der Waals surface area contributed by atoms with E-state index in [1.165, 1.54) is 30.4 Å². The molecule has 0 amide bonds. The van der Waals surface area contributed by atoms with Crippen LogP contribution in [0.4, 0.5) is 0 Å². The third kappa shape index (κ3) is 3.58. The van der Waals surface area contributed by atoms with Crippen molar-refractivity contribution in [1.29, 1.82) is 0 Å². The number of aryl methyl sites for hydroxylation is 1. The van der Waals surface area contributed by atoms with Crippen LogP contribution in [0.1, 0.15) is 50.3 Å². The summed E-state index contributed by atoms with van der Waals surface area (Å²) >= 11 is 0. The Morgan fingerprint density at radius 2 is 2.05 bits per heavy atom. The Morgan fingerprint density at radius 3 is 2.84 bits per heavy atom. The highest BCUT2D eigenvalue weighted by atomic mass is 16.5. The lowest BCUT2D eigenvalue weighted by atomic mass is 9.70. The minimum atomic E-state index is 0.343. The minimum absolute atomic E-state index is 0.343. The number of nitrogens with one attached hydrogen (secondary N) is 1. The van der Waals surface area contributed by atoms with Gasteiger partial charge in [-0.15, -0.1) is 0 Å². The van der Waals surface area contributed by atoms with Gasteiger partial charge in [0.2, 0.25) is 0 Å². The maximum Gasteiger partial charge on any atom is 0.0462 e. The molecule has 1 aromatic rings. The molecule has 0 fully saturated rings. The first kappa shape index (κ1) is 14.5. The molecular weight excluding hydrogens is 234 g/mol. The fourth-order valence-electron chi connectivity index (χ4n) is 3.07. The van der Waals surface area contributed by atoms with E-state index in [1.807, 2.05) is 0 Å². The molecular formula is C17H27NO. The standard InChI is InChI=1S/C17H27NO/c1-17(2)11-10-14-8-4-5-9-15(14)16(17)18-12-6-7-13-19-3/h4-5,8-9,16,18H,6-7,10-13H2,1-3H3. The predicted molar refractivity (Wildman–Crippen MR) is 80.4 cm³/mol. The quantitative estimate of drug-likeness (QED) is 0.788. The first-order valence-corrected chi connectivity index (χ1v) is 7.45. The molecule has 0 radical (unpaired) electrons. The number of benzene rings is 1. The zero-order valence-electron chi connectivity index (χ0n) is 12.5. The molecule has 0 saturated heterocycles. The van der Waals surface area contributed by atoms with Gasteiger partial charge in [-0.1, -0.05) is 38.1 Å². The molecule has 1 aliphatic carbocycles. The first-order valence-electron chi connectivity index (χ1n) is 7.45. The Balaban J connectivity index is 2.00. The van der Waals surface area contributed by atoms with E-state index in [-0.39, 0.29) is 0 Å². The fraction of sp³-hybridized carbons (Fsp3) is 0.647. The normalized spacial score (nSPS) is 21.1. The van der Waals surface area contributed by atoms with Crippen LogP contribution in [0.3, 0.4) is 0 Å². The molecule has 1 unspecified atom stereocenters. The van der Waals surface area contributed by atoms with Crippen LogP contribution >= 0.6 is 0 Å². The van der Waals surface area contributed by atoms with Crippen molar-refractivity contribution < 1.29 is 4.74 Å². The second kappa shape index (κ2) is 6.53. The molecule has 2 nitrogen and oxygen atoms in total. The van der Waals surface area contributed by atoms with Gasteiger partial charge in [-0.05, 0) is 48.8 Å². The van der Waals surface area contributed by atoms with Crippen LogP contribution in [0.25, 0.3) is 0 Å². The van der Waals surface area contributed by atoms with Crippen LogP contribution in [0.5, 0.6) is 0 Å². The lowest BCUT2D eigenvalue weighted by Gasteiger charge is -2.40. The average molecular weight is 261 g/mol. The number of rotatable bonds is 6. The van der Waals surface area contributed by atoms with Crippen molar-refractivity contribution in [3.05, 3.63) is 35.4 Å². The second-order valence-electron chi connectivity index (χ2n) is 6.27. The van der Waals surface area contributed by atoms with Crippen molar-refractivity contribution in [3.8, 4) is 0 Å². The second-order valence-corrected chi connectivity index (χ2v) is 6.27. The van der Waals surface area contributed by atoms with E-state index in [0.29, 0.717) is 11.5 Å². The Labute approximate surface area is 117 Å². The van der Waals surface area contributed by atoms with Crippen LogP contribution in [0.15, 0.2) is 24.3 Å². The van der Waals surface area contributed by atoms with E-state index >= 15 is 0 Å². The Morgan fingerprint density at radius 1 is 1.26 bits per heavy atom. The molecule has 1 aromatic carbocycles. The number of methoxy groups -OCH3 is 1. The van der Waals surface area contributed by atoms with Crippen molar-refractivity contribution >= 4 is 0 Å². The van der Waals surface area contributed by atoms with Gasteiger partial charge in [0.25, 0.3) is 0 Å². The van der Waals surface area contributed by atoms with Gasteiger partial charge in [-0.2, -0.15) is 0 Å². The first-order chi connectivity index (χ1) is 9.15. The summed E-state index contributed by atoms with van der Waals surface area (Å²) in [4.78, 5) is 0. The average Bonchev–Trinajstić information content (AvgIpc) is 2.40. The number of fused-ring (bicyclic) bond motifs is 1. The number of hydrogen-bond donors (Lipinski definition) is 1. The summed E-state index contributed by atoms with van der Waals surface area (Å²) in [7, 11) is 1.77. The van der Waals surface area contributed by atoms with Crippen molar-refractivity contribution in [2.75, 3.05) is 20.3 Å². The molecule has 0 bridgehead atoms. The van der Waals surface area contributed by atoms with E-state index in [9.17, 15) is 0 Å². The molecule has 1 N–H and O–H groups in total. The Hall–Kier alpha value is -0.860. The van der Waals surface area contributed by atoms with Gasteiger partial charge < -0.3 is 10.1 Å². The molecule has 2 rings (SSSR count). The smallest absolute Gasteiger partial charge is 0.0462 e. The zero-order chi connectivity index (χ0) is 13.7. The van der Waals surface area contributed by atoms with E-state index < -0.39 is 0 Å². The summed E-state index contributed by atoms with van der Waals surface area (Å²) in [5, 5.41) is 3.77. The van der Waals surface area contributed by atoms with E-state index in [4.69, 9.17) is 4.74 Å². The summed E-state index contributed by atoms with van der Waals surface area (Å²) in [5.41, 5.74) is 3.37. The maximum atomic E-state index is 5.10. The molecule has 1 atom stereocenters. The molecule has 0 aliphatic heterocycles. The monoisotopic (exact) mass is 261 g/mol. The van der Waals surface area contributed by atoms with E-state index in [1.54, 1.807) is 7.11 Å². The summed E-state index contributed by atoms with van der Waals surface area (Å²) in [6, 6.07) is 9.39. The van der Waals surface area contributed by atoms with Crippen LogP contribution in [0.2, 0.25) is 0 Å². The number of unbranched alkanes of at least 4 members (excludes halogenated alkanes) is 1. The number of ether oxygens (including phenoxy) is 1. The molecule has 19 heavy (non-hydrogen) atoms. The largest absolute Gasteiger partial charge is 0.385 e. The molecule has 1 aliphatic rings. The van der Waals surface area contributed by atoms with Crippen LogP contribution in [0, 0.1) is 5.41 Å². The topological polar surface area (TPSA) is 21.3 Å². The molecule has 0 saturated carbocycles. The summed E-state index contributed by atoms with van der Waals surface area (Å²) < 4.78 is 5.10. The summed E-state index contributed by atoms with van der Waals surface area (Å²) in [6.07, 6.45) is 4.80. The van der Waals surface area contributed by atoms with Crippen molar-refractivity contribution in [3.63, 3.8) is 0 Å². The van der Waals surface area contributed by atoms with Crippen LogP contribution < -0.4 is 5.32 Å². The van der Waals surface area contributed by atoms with Gasteiger partial charge in [-0.3, -0.25) is 0 Å². The zero-order valence-corrected chi connectivity index (χ0v) is 12.5. The van der Waals surface area contributed by atoms with Crippen LogP contribution in [-0.2, 0) is 11.2 Å². The van der Waals surface area contributed by atoms with E-state index in [2.05, 4.69) is 43.4 Å². The van der Waals surface area contributed by atoms with Gasteiger partial charge in [-0.25, -0.2) is 0 Å². The van der Waals surface area contributed by atoms with Crippen molar-refractivity contribution in [2.45, 2.75) is 45.6 Å². The third-order valence-corrected chi connectivity index (χ3v) is 4.31. The number of hydrogen-bond acceptors (Lipinski definition) is 2. The van der Waals surface area contributed by atoms with Gasteiger partial charge in [0.1, 0.15) is 0 Å².